The molecule has 1 atom stereocenters. The van der Waals surface area contributed by atoms with E-state index in [-0.39, 0.29) is 10.8 Å². The van der Waals surface area contributed by atoms with Gasteiger partial charge in [0.05, 0.1) is 4.90 Å². The van der Waals surface area contributed by atoms with E-state index >= 15 is 0 Å². The van der Waals surface area contributed by atoms with Crippen LogP contribution in [0.15, 0.2) is 92.6 Å². The van der Waals surface area contributed by atoms with Crippen LogP contribution in [0.1, 0.15) is 23.1 Å². The summed E-state index contributed by atoms with van der Waals surface area (Å²) in [7, 11) is -3.83. The number of rotatable bonds is 6. The van der Waals surface area contributed by atoms with Gasteiger partial charge in [0.2, 0.25) is 21.8 Å². The molecule has 152 valence electrons. The molecule has 0 radical (unpaired) electrons. The Kier molecular flexibility index (Phi) is 5.80. The van der Waals surface area contributed by atoms with Crippen molar-refractivity contribution in [1.82, 2.24) is 14.9 Å². The first kappa shape index (κ1) is 20.5. The number of nitrogens with zero attached hydrogens (tertiary/aromatic N) is 2. The monoisotopic (exact) mass is 483 g/mol. The average Bonchev–Trinajstić information content (AvgIpc) is 3.24. The molecule has 0 fully saturated rings. The smallest absolute Gasteiger partial charge is 0.247 e. The number of hydrogen-bond acceptors (Lipinski definition) is 5. The van der Waals surface area contributed by atoms with Crippen molar-refractivity contribution >= 4 is 26.0 Å². The summed E-state index contributed by atoms with van der Waals surface area (Å²) in [5.74, 6) is 0.481. The molecule has 8 heteroatoms. The maximum atomic E-state index is 13.0. The highest BCUT2D eigenvalue weighted by molar-refractivity contribution is 9.10. The molecule has 4 rings (SSSR count). The third kappa shape index (κ3) is 4.51. The zero-order valence-electron chi connectivity index (χ0n) is 16.0. The molecular weight excluding hydrogens is 466 g/mol. The number of sulfonamides is 1. The SMILES string of the molecule is Cc1ccc(S(=O)(=O)NC(c2ccc(Br)cc2)c2nnc(-c3ccccc3)o2)cc1. The van der Waals surface area contributed by atoms with Gasteiger partial charge in [0.15, 0.2) is 0 Å². The fourth-order valence-corrected chi connectivity index (χ4v) is 4.35. The lowest BCUT2D eigenvalue weighted by atomic mass is 10.1. The van der Waals surface area contributed by atoms with Crippen molar-refractivity contribution in [3.8, 4) is 11.5 Å². The van der Waals surface area contributed by atoms with Gasteiger partial charge in [-0.1, -0.05) is 64.0 Å². The first-order valence-corrected chi connectivity index (χ1v) is 11.4. The predicted octanol–water partition coefficient (Wildman–Crippen LogP) is 4.88. The summed E-state index contributed by atoms with van der Waals surface area (Å²) in [6.45, 7) is 1.90. The summed E-state index contributed by atoms with van der Waals surface area (Å²) in [6.07, 6.45) is 0. The molecule has 0 aliphatic carbocycles. The fourth-order valence-electron chi connectivity index (χ4n) is 2.91. The van der Waals surface area contributed by atoms with Gasteiger partial charge in [0.25, 0.3) is 0 Å². The van der Waals surface area contributed by atoms with E-state index in [0.29, 0.717) is 11.5 Å². The Morgan fingerprint density at radius 3 is 2.23 bits per heavy atom. The highest BCUT2D eigenvalue weighted by atomic mass is 79.9. The molecule has 1 unspecified atom stereocenters. The van der Waals surface area contributed by atoms with Gasteiger partial charge in [-0.25, -0.2) is 8.42 Å². The zero-order valence-corrected chi connectivity index (χ0v) is 18.4. The molecule has 0 saturated heterocycles. The van der Waals surface area contributed by atoms with Crippen LogP contribution in [0.5, 0.6) is 0 Å². The van der Waals surface area contributed by atoms with Gasteiger partial charge < -0.3 is 4.42 Å². The first-order valence-electron chi connectivity index (χ1n) is 9.16. The van der Waals surface area contributed by atoms with Crippen LogP contribution in [0.3, 0.4) is 0 Å². The number of hydrogen-bond donors (Lipinski definition) is 1. The molecule has 6 nitrogen and oxygen atoms in total. The topological polar surface area (TPSA) is 85.1 Å². The van der Waals surface area contributed by atoms with Crippen LogP contribution in [0.2, 0.25) is 0 Å². The van der Waals surface area contributed by atoms with E-state index in [9.17, 15) is 8.42 Å². The van der Waals surface area contributed by atoms with E-state index in [1.165, 1.54) is 0 Å². The van der Waals surface area contributed by atoms with Crippen LogP contribution in [-0.4, -0.2) is 18.6 Å². The molecule has 0 aliphatic heterocycles. The Labute approximate surface area is 183 Å². The summed E-state index contributed by atoms with van der Waals surface area (Å²) in [5, 5.41) is 8.23. The largest absolute Gasteiger partial charge is 0.419 e. The molecule has 0 amide bonds. The molecule has 0 aliphatic rings. The lowest BCUT2D eigenvalue weighted by Gasteiger charge is -2.16. The van der Waals surface area contributed by atoms with Crippen LogP contribution in [0, 0.1) is 6.92 Å². The molecule has 0 saturated carbocycles. The quantitative estimate of drug-likeness (QED) is 0.422. The Morgan fingerprint density at radius 2 is 1.57 bits per heavy atom. The summed E-state index contributed by atoms with van der Waals surface area (Å²) >= 11 is 3.40. The number of benzene rings is 3. The Bertz CT molecular complexity index is 1240. The lowest BCUT2D eigenvalue weighted by molar-refractivity contribution is 0.464. The minimum Gasteiger partial charge on any atom is -0.419 e. The van der Waals surface area contributed by atoms with Gasteiger partial charge in [-0.2, -0.15) is 4.72 Å². The van der Waals surface area contributed by atoms with Gasteiger partial charge in [0, 0.05) is 10.0 Å². The molecule has 0 bridgehead atoms. The number of aryl methyl sites for hydroxylation is 1. The van der Waals surface area contributed by atoms with Crippen LogP contribution in [0.4, 0.5) is 0 Å². The Balaban J connectivity index is 1.73. The van der Waals surface area contributed by atoms with Crippen LogP contribution in [-0.2, 0) is 10.0 Å². The molecular formula is C22H18BrN3O3S. The van der Waals surface area contributed by atoms with Gasteiger partial charge in [-0.3, -0.25) is 0 Å². The molecule has 1 N–H and O–H groups in total. The average molecular weight is 484 g/mol. The van der Waals surface area contributed by atoms with Crippen molar-refractivity contribution in [2.45, 2.75) is 17.9 Å². The molecule has 1 aromatic heterocycles. The fraction of sp³-hybridized carbons (Fsp3) is 0.0909. The van der Waals surface area contributed by atoms with E-state index in [4.69, 9.17) is 4.42 Å². The van der Waals surface area contributed by atoms with Crippen molar-refractivity contribution in [3.63, 3.8) is 0 Å². The van der Waals surface area contributed by atoms with Crippen molar-refractivity contribution in [3.05, 3.63) is 100 Å². The standard InChI is InChI=1S/C22H18BrN3O3S/c1-15-7-13-19(14-8-15)30(27,28)26-20(16-9-11-18(23)12-10-16)22-25-24-21(29-22)17-5-3-2-4-6-17/h2-14,20,26H,1H3. The van der Waals surface area contributed by atoms with Gasteiger partial charge in [-0.05, 0) is 48.9 Å². The van der Waals surface area contributed by atoms with Gasteiger partial charge in [-0.15, -0.1) is 10.2 Å². The minimum atomic E-state index is -3.83. The van der Waals surface area contributed by atoms with Crippen LogP contribution in [0.25, 0.3) is 11.5 Å². The van der Waals surface area contributed by atoms with Crippen molar-refractivity contribution < 1.29 is 12.8 Å². The lowest BCUT2D eigenvalue weighted by Crippen LogP contribution is -2.29. The third-order valence-electron chi connectivity index (χ3n) is 4.52. The predicted molar refractivity (Wildman–Crippen MR) is 117 cm³/mol. The first-order chi connectivity index (χ1) is 14.4. The highest BCUT2D eigenvalue weighted by Crippen LogP contribution is 2.28. The summed E-state index contributed by atoms with van der Waals surface area (Å²) in [5.41, 5.74) is 2.41. The second kappa shape index (κ2) is 8.51. The van der Waals surface area contributed by atoms with Crippen LogP contribution >= 0.6 is 15.9 Å². The van der Waals surface area contributed by atoms with E-state index in [0.717, 1.165) is 15.6 Å². The second-order valence-electron chi connectivity index (χ2n) is 6.73. The molecule has 0 spiro atoms. The van der Waals surface area contributed by atoms with Crippen LogP contribution < -0.4 is 4.72 Å². The maximum Gasteiger partial charge on any atom is 0.247 e. The van der Waals surface area contributed by atoms with E-state index in [1.807, 2.05) is 49.4 Å². The van der Waals surface area contributed by atoms with Crippen molar-refractivity contribution in [1.29, 1.82) is 0 Å². The normalized spacial score (nSPS) is 12.6. The molecule has 30 heavy (non-hydrogen) atoms. The highest BCUT2D eigenvalue weighted by Gasteiger charge is 2.27. The van der Waals surface area contributed by atoms with Crippen molar-refractivity contribution in [2.24, 2.45) is 0 Å². The van der Waals surface area contributed by atoms with E-state index in [2.05, 4.69) is 30.8 Å². The molecule has 1 heterocycles. The number of aromatic nitrogens is 2. The zero-order chi connectivity index (χ0) is 21.1. The Morgan fingerprint density at radius 1 is 0.900 bits per heavy atom. The summed E-state index contributed by atoms with van der Waals surface area (Å²) in [6, 6.07) is 22.4. The summed E-state index contributed by atoms with van der Waals surface area (Å²) in [4.78, 5) is 0.165. The third-order valence-corrected chi connectivity index (χ3v) is 6.48. The van der Waals surface area contributed by atoms with E-state index < -0.39 is 16.1 Å². The van der Waals surface area contributed by atoms with Gasteiger partial charge in [0.1, 0.15) is 6.04 Å². The summed E-state index contributed by atoms with van der Waals surface area (Å²) < 4.78 is 35.5. The Hall–Kier alpha value is -2.81. The second-order valence-corrected chi connectivity index (χ2v) is 9.36. The molecule has 4 aromatic rings. The molecule has 3 aromatic carbocycles. The minimum absolute atomic E-state index is 0.159. The maximum absolute atomic E-state index is 13.0. The van der Waals surface area contributed by atoms with Gasteiger partial charge >= 0.3 is 0 Å². The van der Waals surface area contributed by atoms with Crippen molar-refractivity contribution in [2.75, 3.05) is 0 Å². The number of halogens is 1. The number of nitrogens with one attached hydrogen (secondary N) is 1. The van der Waals surface area contributed by atoms with E-state index in [1.54, 1.807) is 36.4 Å².